The molecule has 3 nitrogen and oxygen atoms in total. The van der Waals surface area contributed by atoms with Crippen molar-refractivity contribution >= 4 is 10.9 Å². The number of aromatic nitrogens is 1. The smallest absolute Gasteiger partial charge is 0.0956 e. The van der Waals surface area contributed by atoms with Crippen LogP contribution in [0.1, 0.15) is 11.7 Å². The van der Waals surface area contributed by atoms with E-state index in [0.717, 1.165) is 19.7 Å². The highest BCUT2D eigenvalue weighted by Gasteiger charge is 2.18. The first kappa shape index (κ1) is 9.87. The summed E-state index contributed by atoms with van der Waals surface area (Å²) in [7, 11) is 2.08. The molecule has 1 aliphatic rings. The van der Waals surface area contributed by atoms with Crippen molar-refractivity contribution in [3.8, 4) is 0 Å². The molecular weight excluding hydrogens is 200 g/mol. The molecule has 0 spiro atoms. The molecule has 3 heteroatoms. The van der Waals surface area contributed by atoms with Crippen LogP contribution in [0.15, 0.2) is 30.5 Å². The molecule has 0 bridgehead atoms. The number of aryl methyl sites for hydroxylation is 1. The van der Waals surface area contributed by atoms with Crippen LogP contribution in [0.5, 0.6) is 0 Å². The van der Waals surface area contributed by atoms with Crippen LogP contribution in [0.3, 0.4) is 0 Å². The largest absolute Gasteiger partial charge is 0.371 e. The lowest BCUT2D eigenvalue weighted by Crippen LogP contribution is -2.33. The number of nitrogens with one attached hydrogen (secondary N) is 1. The average Bonchev–Trinajstić information content (AvgIpc) is 2.73. The molecule has 84 valence electrons. The minimum atomic E-state index is 0.194. The predicted octanol–water partition coefficient (Wildman–Crippen LogP) is 1.84. The van der Waals surface area contributed by atoms with Crippen molar-refractivity contribution in [1.29, 1.82) is 0 Å². The maximum Gasteiger partial charge on any atom is 0.0956 e. The molecule has 1 unspecified atom stereocenters. The normalized spacial score (nSPS) is 21.4. The maximum absolute atomic E-state index is 5.81. The van der Waals surface area contributed by atoms with Gasteiger partial charge < -0.3 is 14.6 Å². The molecule has 1 atom stereocenters. The third-order valence-electron chi connectivity index (χ3n) is 3.24. The Balaban J connectivity index is 2.08. The SMILES string of the molecule is Cn1ccc2c(C3CNCCO3)cccc21. The van der Waals surface area contributed by atoms with E-state index in [1.807, 2.05) is 0 Å². The topological polar surface area (TPSA) is 26.2 Å². The molecule has 1 saturated heterocycles. The number of benzene rings is 1. The summed E-state index contributed by atoms with van der Waals surface area (Å²) in [6.45, 7) is 2.67. The fraction of sp³-hybridized carbons (Fsp3) is 0.385. The number of rotatable bonds is 1. The summed E-state index contributed by atoms with van der Waals surface area (Å²) >= 11 is 0. The van der Waals surface area contributed by atoms with Crippen LogP contribution >= 0.6 is 0 Å². The van der Waals surface area contributed by atoms with E-state index in [0.29, 0.717) is 0 Å². The van der Waals surface area contributed by atoms with E-state index >= 15 is 0 Å². The highest BCUT2D eigenvalue weighted by atomic mass is 16.5. The van der Waals surface area contributed by atoms with Gasteiger partial charge in [0.2, 0.25) is 0 Å². The van der Waals surface area contributed by atoms with Crippen LogP contribution in [0.2, 0.25) is 0 Å². The van der Waals surface area contributed by atoms with Crippen LogP contribution in [-0.4, -0.2) is 24.3 Å². The molecule has 1 fully saturated rings. The molecule has 1 aromatic carbocycles. The van der Waals surface area contributed by atoms with Crippen molar-refractivity contribution in [3.05, 3.63) is 36.0 Å². The summed E-state index contributed by atoms with van der Waals surface area (Å²) in [6.07, 6.45) is 2.30. The van der Waals surface area contributed by atoms with E-state index in [9.17, 15) is 0 Å². The van der Waals surface area contributed by atoms with Gasteiger partial charge in [0.25, 0.3) is 0 Å². The van der Waals surface area contributed by atoms with E-state index in [2.05, 4.69) is 47.4 Å². The Labute approximate surface area is 95.0 Å². The molecule has 0 radical (unpaired) electrons. The first-order valence-corrected chi connectivity index (χ1v) is 5.72. The summed E-state index contributed by atoms with van der Waals surface area (Å²) < 4.78 is 7.96. The van der Waals surface area contributed by atoms with Crippen LogP contribution in [0.4, 0.5) is 0 Å². The van der Waals surface area contributed by atoms with Crippen molar-refractivity contribution in [2.24, 2.45) is 7.05 Å². The Bertz CT molecular complexity index is 498. The monoisotopic (exact) mass is 216 g/mol. The predicted molar refractivity (Wildman–Crippen MR) is 64.5 cm³/mol. The zero-order valence-corrected chi connectivity index (χ0v) is 9.44. The van der Waals surface area contributed by atoms with Gasteiger partial charge in [0.05, 0.1) is 12.7 Å². The zero-order valence-electron chi connectivity index (χ0n) is 9.44. The van der Waals surface area contributed by atoms with Gasteiger partial charge >= 0.3 is 0 Å². The van der Waals surface area contributed by atoms with Gasteiger partial charge in [0, 0.05) is 37.2 Å². The van der Waals surface area contributed by atoms with Crippen LogP contribution < -0.4 is 5.32 Å². The molecule has 2 aromatic rings. The Kier molecular flexibility index (Phi) is 2.42. The van der Waals surface area contributed by atoms with Gasteiger partial charge in [-0.1, -0.05) is 12.1 Å². The number of nitrogens with zero attached hydrogens (tertiary/aromatic N) is 1. The number of hydrogen-bond acceptors (Lipinski definition) is 2. The summed E-state index contributed by atoms with van der Waals surface area (Å²) in [5, 5.41) is 4.68. The van der Waals surface area contributed by atoms with Crippen LogP contribution in [0, 0.1) is 0 Å². The van der Waals surface area contributed by atoms with E-state index in [4.69, 9.17) is 4.74 Å². The quantitative estimate of drug-likeness (QED) is 0.787. The summed E-state index contributed by atoms with van der Waals surface area (Å²) in [6, 6.07) is 8.59. The van der Waals surface area contributed by atoms with Crippen molar-refractivity contribution in [2.45, 2.75) is 6.10 Å². The van der Waals surface area contributed by atoms with Crippen molar-refractivity contribution in [1.82, 2.24) is 9.88 Å². The van der Waals surface area contributed by atoms with E-state index in [-0.39, 0.29) is 6.10 Å². The molecule has 1 aliphatic heterocycles. The lowest BCUT2D eigenvalue weighted by atomic mass is 10.0. The molecule has 16 heavy (non-hydrogen) atoms. The second-order valence-corrected chi connectivity index (χ2v) is 4.27. The Hall–Kier alpha value is -1.32. The Morgan fingerprint density at radius 3 is 3.12 bits per heavy atom. The van der Waals surface area contributed by atoms with Crippen molar-refractivity contribution in [3.63, 3.8) is 0 Å². The van der Waals surface area contributed by atoms with Gasteiger partial charge in [-0.3, -0.25) is 0 Å². The van der Waals surface area contributed by atoms with Gasteiger partial charge in [0.1, 0.15) is 0 Å². The zero-order chi connectivity index (χ0) is 11.0. The van der Waals surface area contributed by atoms with Crippen molar-refractivity contribution < 1.29 is 4.74 Å². The van der Waals surface area contributed by atoms with E-state index in [1.54, 1.807) is 0 Å². The first-order chi connectivity index (χ1) is 7.86. The highest BCUT2D eigenvalue weighted by molar-refractivity contribution is 5.84. The number of fused-ring (bicyclic) bond motifs is 1. The van der Waals surface area contributed by atoms with Gasteiger partial charge in [-0.15, -0.1) is 0 Å². The third kappa shape index (κ3) is 1.52. The highest BCUT2D eigenvalue weighted by Crippen LogP contribution is 2.27. The van der Waals surface area contributed by atoms with Gasteiger partial charge in [-0.05, 0) is 17.7 Å². The van der Waals surface area contributed by atoms with Gasteiger partial charge in [-0.2, -0.15) is 0 Å². The fourth-order valence-corrected chi connectivity index (χ4v) is 2.37. The summed E-state index contributed by atoms with van der Waals surface area (Å²) in [5.74, 6) is 0. The first-order valence-electron chi connectivity index (χ1n) is 5.72. The molecular formula is C13H16N2O. The standard InChI is InChI=1S/C13H16N2O/c1-15-7-5-10-11(3-2-4-12(10)15)13-9-14-6-8-16-13/h2-5,7,13-14H,6,8-9H2,1H3. The average molecular weight is 216 g/mol. The lowest BCUT2D eigenvalue weighted by molar-refractivity contribution is 0.0286. The second kappa shape index (κ2) is 3.92. The molecule has 0 amide bonds. The Morgan fingerprint density at radius 1 is 1.38 bits per heavy atom. The van der Waals surface area contributed by atoms with Crippen molar-refractivity contribution in [2.75, 3.05) is 19.7 Å². The summed E-state index contributed by atoms with van der Waals surface area (Å²) in [5.41, 5.74) is 2.57. The number of hydrogen-bond donors (Lipinski definition) is 1. The second-order valence-electron chi connectivity index (χ2n) is 4.27. The summed E-state index contributed by atoms with van der Waals surface area (Å²) in [4.78, 5) is 0. The molecule has 1 aromatic heterocycles. The Morgan fingerprint density at radius 2 is 2.31 bits per heavy atom. The van der Waals surface area contributed by atoms with Gasteiger partial charge in [0.15, 0.2) is 0 Å². The molecule has 3 rings (SSSR count). The lowest BCUT2D eigenvalue weighted by Gasteiger charge is -2.24. The van der Waals surface area contributed by atoms with Gasteiger partial charge in [-0.25, -0.2) is 0 Å². The minimum Gasteiger partial charge on any atom is -0.371 e. The maximum atomic E-state index is 5.81. The minimum absolute atomic E-state index is 0.194. The van der Waals surface area contributed by atoms with Crippen LogP contribution in [0.25, 0.3) is 10.9 Å². The molecule has 0 aliphatic carbocycles. The van der Waals surface area contributed by atoms with E-state index in [1.165, 1.54) is 16.5 Å². The number of morpholine rings is 1. The molecule has 2 heterocycles. The number of ether oxygens (including phenoxy) is 1. The van der Waals surface area contributed by atoms with Crippen LogP contribution in [-0.2, 0) is 11.8 Å². The molecule has 1 N–H and O–H groups in total. The fourth-order valence-electron chi connectivity index (χ4n) is 2.37. The van der Waals surface area contributed by atoms with E-state index < -0.39 is 0 Å². The molecule has 0 saturated carbocycles. The third-order valence-corrected chi connectivity index (χ3v) is 3.24.